The minimum atomic E-state index is -0.486. The van der Waals surface area contributed by atoms with Crippen molar-refractivity contribution < 1.29 is 19.1 Å². The lowest BCUT2D eigenvalue weighted by Crippen LogP contribution is -2.42. The van der Waals surface area contributed by atoms with Crippen LogP contribution in [0, 0.1) is 5.92 Å². The Hall–Kier alpha value is -2.08. The van der Waals surface area contributed by atoms with Crippen molar-refractivity contribution in [3.63, 3.8) is 0 Å². The molecule has 2 aliphatic rings. The zero-order valence-electron chi connectivity index (χ0n) is 12.8. The number of fused-ring (bicyclic) bond motifs is 1. The van der Waals surface area contributed by atoms with Crippen molar-refractivity contribution in [1.29, 1.82) is 0 Å². The fourth-order valence-corrected chi connectivity index (χ4v) is 2.79. The molecule has 1 unspecified atom stereocenters. The Morgan fingerprint density at radius 1 is 1.32 bits per heavy atom. The van der Waals surface area contributed by atoms with Gasteiger partial charge in [-0.05, 0) is 38.0 Å². The van der Waals surface area contributed by atoms with Crippen LogP contribution in [0.2, 0.25) is 0 Å². The Morgan fingerprint density at radius 2 is 2.05 bits per heavy atom. The molecule has 6 nitrogen and oxygen atoms in total. The molecule has 0 saturated carbocycles. The number of nitrogens with one attached hydrogen (secondary N) is 1. The van der Waals surface area contributed by atoms with Gasteiger partial charge in [-0.2, -0.15) is 0 Å². The molecule has 1 saturated heterocycles. The summed E-state index contributed by atoms with van der Waals surface area (Å²) in [5.41, 5.74) is 1.35. The van der Waals surface area contributed by atoms with Crippen LogP contribution in [0.4, 0.5) is 11.4 Å². The first kappa shape index (κ1) is 14.8. The summed E-state index contributed by atoms with van der Waals surface area (Å²) in [4.78, 5) is 25.8. The van der Waals surface area contributed by atoms with Gasteiger partial charge < -0.3 is 19.7 Å². The van der Waals surface area contributed by atoms with E-state index in [-0.39, 0.29) is 17.7 Å². The maximum absolute atomic E-state index is 12.3. The van der Waals surface area contributed by atoms with Gasteiger partial charge in [0.2, 0.25) is 5.91 Å². The zero-order chi connectivity index (χ0) is 15.7. The van der Waals surface area contributed by atoms with Gasteiger partial charge in [-0.1, -0.05) is 0 Å². The van der Waals surface area contributed by atoms with Crippen molar-refractivity contribution in [1.82, 2.24) is 0 Å². The minimum absolute atomic E-state index is 0.00215. The minimum Gasteiger partial charge on any atom is -0.479 e. The molecule has 2 aliphatic heterocycles. The van der Waals surface area contributed by atoms with Gasteiger partial charge in [-0.15, -0.1) is 0 Å². The smallest absolute Gasteiger partial charge is 0.267 e. The molecule has 118 valence electrons. The summed E-state index contributed by atoms with van der Waals surface area (Å²) in [5, 5.41) is 2.92. The van der Waals surface area contributed by atoms with Crippen LogP contribution in [0.25, 0.3) is 0 Å². The molecule has 0 aliphatic carbocycles. The second-order valence-corrected chi connectivity index (χ2v) is 5.72. The number of hydrogen-bond donors (Lipinski definition) is 1. The quantitative estimate of drug-likeness (QED) is 0.904. The van der Waals surface area contributed by atoms with E-state index in [2.05, 4.69) is 5.32 Å². The Balaban J connectivity index is 1.76. The van der Waals surface area contributed by atoms with Gasteiger partial charge in [0.1, 0.15) is 5.75 Å². The highest BCUT2D eigenvalue weighted by molar-refractivity contribution is 6.01. The number of hydrogen-bond acceptors (Lipinski definition) is 4. The number of likely N-dealkylation sites (N-methyl/N-ethyl adjacent to an activating group) is 1. The second kappa shape index (κ2) is 5.96. The highest BCUT2D eigenvalue weighted by Crippen LogP contribution is 2.35. The van der Waals surface area contributed by atoms with Crippen LogP contribution >= 0.6 is 0 Å². The molecule has 1 atom stereocenters. The third-order valence-electron chi connectivity index (χ3n) is 4.16. The third-order valence-corrected chi connectivity index (χ3v) is 4.16. The molecule has 1 N–H and O–H groups in total. The standard InChI is InChI=1S/C16H20N2O4/c1-10-16(20)18(2)13-9-12(3-4-14(13)22-10)17-15(19)11-5-7-21-8-6-11/h3-4,9-11H,5-8H2,1-2H3,(H,17,19). The van der Waals surface area contributed by atoms with Crippen molar-refractivity contribution in [2.24, 2.45) is 5.92 Å². The molecule has 1 aromatic carbocycles. The monoisotopic (exact) mass is 304 g/mol. The van der Waals surface area contributed by atoms with Crippen molar-refractivity contribution in [3.05, 3.63) is 18.2 Å². The van der Waals surface area contributed by atoms with Crippen LogP contribution in [0.5, 0.6) is 5.75 Å². The summed E-state index contributed by atoms with van der Waals surface area (Å²) < 4.78 is 10.8. The van der Waals surface area contributed by atoms with E-state index in [4.69, 9.17) is 9.47 Å². The van der Waals surface area contributed by atoms with Crippen LogP contribution < -0.4 is 15.0 Å². The molecule has 3 rings (SSSR count). The molecule has 0 spiro atoms. The van der Waals surface area contributed by atoms with Crippen molar-refractivity contribution >= 4 is 23.2 Å². The van der Waals surface area contributed by atoms with Gasteiger partial charge in [0, 0.05) is 31.9 Å². The number of carbonyl (C=O) groups excluding carboxylic acids is 2. The van der Waals surface area contributed by atoms with Crippen LogP contribution in [-0.2, 0) is 14.3 Å². The van der Waals surface area contributed by atoms with E-state index in [1.807, 2.05) is 0 Å². The van der Waals surface area contributed by atoms with Gasteiger partial charge in [0.15, 0.2) is 6.10 Å². The first-order chi connectivity index (χ1) is 10.6. The Kier molecular flexibility index (Phi) is 4.02. The highest BCUT2D eigenvalue weighted by atomic mass is 16.5. The van der Waals surface area contributed by atoms with E-state index in [1.54, 1.807) is 37.1 Å². The maximum atomic E-state index is 12.3. The summed E-state index contributed by atoms with van der Waals surface area (Å²) >= 11 is 0. The maximum Gasteiger partial charge on any atom is 0.267 e. The van der Waals surface area contributed by atoms with Gasteiger partial charge in [-0.25, -0.2) is 0 Å². The molecule has 1 fully saturated rings. The molecule has 2 heterocycles. The molecule has 2 amide bonds. The van der Waals surface area contributed by atoms with Crippen molar-refractivity contribution in [2.45, 2.75) is 25.9 Å². The molecular weight excluding hydrogens is 284 g/mol. The van der Waals surface area contributed by atoms with Gasteiger partial charge in [0.05, 0.1) is 5.69 Å². The summed E-state index contributed by atoms with van der Waals surface area (Å²) in [6, 6.07) is 5.36. The lowest BCUT2D eigenvalue weighted by Gasteiger charge is -2.30. The van der Waals surface area contributed by atoms with E-state index >= 15 is 0 Å². The lowest BCUT2D eigenvalue weighted by atomic mass is 9.99. The number of amides is 2. The van der Waals surface area contributed by atoms with Crippen molar-refractivity contribution in [3.8, 4) is 5.75 Å². The predicted molar refractivity (Wildman–Crippen MR) is 82.1 cm³/mol. The molecule has 6 heteroatoms. The van der Waals surface area contributed by atoms with E-state index < -0.39 is 6.10 Å². The Morgan fingerprint density at radius 3 is 2.77 bits per heavy atom. The number of ether oxygens (including phenoxy) is 2. The molecule has 1 aromatic rings. The fourth-order valence-electron chi connectivity index (χ4n) is 2.79. The summed E-state index contributed by atoms with van der Waals surface area (Å²) in [7, 11) is 1.71. The molecule has 0 aromatic heterocycles. The first-order valence-corrected chi connectivity index (χ1v) is 7.53. The fraction of sp³-hybridized carbons (Fsp3) is 0.500. The Labute approximate surface area is 129 Å². The third kappa shape index (κ3) is 2.78. The molecular formula is C16H20N2O4. The SMILES string of the molecule is CC1Oc2ccc(NC(=O)C3CCOCC3)cc2N(C)C1=O. The average molecular weight is 304 g/mol. The highest BCUT2D eigenvalue weighted by Gasteiger charge is 2.29. The Bertz CT molecular complexity index is 596. The number of anilines is 2. The van der Waals surface area contributed by atoms with Gasteiger partial charge >= 0.3 is 0 Å². The van der Waals surface area contributed by atoms with Crippen LogP contribution in [0.3, 0.4) is 0 Å². The molecule has 0 bridgehead atoms. The number of rotatable bonds is 2. The summed E-state index contributed by atoms with van der Waals surface area (Å²) in [6.07, 6.45) is 1.01. The second-order valence-electron chi connectivity index (χ2n) is 5.72. The topological polar surface area (TPSA) is 67.9 Å². The molecule has 0 radical (unpaired) electrons. The lowest BCUT2D eigenvalue weighted by molar-refractivity contribution is -0.125. The van der Waals surface area contributed by atoms with Gasteiger partial charge in [-0.3, -0.25) is 9.59 Å². The largest absolute Gasteiger partial charge is 0.479 e. The summed E-state index contributed by atoms with van der Waals surface area (Å²) in [5.74, 6) is 0.543. The number of benzene rings is 1. The number of nitrogens with zero attached hydrogens (tertiary/aromatic N) is 1. The number of carbonyl (C=O) groups is 2. The summed E-state index contributed by atoms with van der Waals surface area (Å²) in [6.45, 7) is 2.99. The molecule has 22 heavy (non-hydrogen) atoms. The van der Waals surface area contributed by atoms with Crippen molar-refractivity contribution in [2.75, 3.05) is 30.5 Å². The van der Waals surface area contributed by atoms with E-state index in [1.165, 1.54) is 0 Å². The van der Waals surface area contributed by atoms with E-state index in [0.29, 0.717) is 30.3 Å². The first-order valence-electron chi connectivity index (χ1n) is 7.53. The van der Waals surface area contributed by atoms with Crippen LogP contribution in [0.15, 0.2) is 18.2 Å². The van der Waals surface area contributed by atoms with Gasteiger partial charge in [0.25, 0.3) is 5.91 Å². The predicted octanol–water partition coefficient (Wildman–Crippen LogP) is 1.80. The average Bonchev–Trinajstić information content (AvgIpc) is 2.54. The van der Waals surface area contributed by atoms with Crippen LogP contribution in [0.1, 0.15) is 19.8 Å². The zero-order valence-corrected chi connectivity index (χ0v) is 12.8. The normalized spacial score (nSPS) is 22.0. The van der Waals surface area contributed by atoms with Crippen LogP contribution in [-0.4, -0.2) is 38.2 Å². The van der Waals surface area contributed by atoms with E-state index in [9.17, 15) is 9.59 Å². The van der Waals surface area contributed by atoms with E-state index in [0.717, 1.165) is 12.8 Å².